The summed E-state index contributed by atoms with van der Waals surface area (Å²) in [6, 6.07) is 0. The van der Waals surface area contributed by atoms with Gasteiger partial charge in [0.05, 0.1) is 19.8 Å². The van der Waals surface area contributed by atoms with E-state index in [1.54, 1.807) is 0 Å². The van der Waals surface area contributed by atoms with Gasteiger partial charge in [-0.05, 0) is 12.8 Å². The highest BCUT2D eigenvalue weighted by Gasteiger charge is 2.46. The quantitative estimate of drug-likeness (QED) is 0.462. The molecule has 0 radical (unpaired) electrons. The predicted molar refractivity (Wildman–Crippen MR) is 80.4 cm³/mol. The van der Waals surface area contributed by atoms with Crippen molar-refractivity contribution in [1.29, 1.82) is 0 Å². The number of ether oxygens (including phenoxy) is 3. The molecule has 22 heavy (non-hydrogen) atoms. The lowest BCUT2D eigenvalue weighted by Gasteiger charge is -2.37. The van der Waals surface area contributed by atoms with Crippen molar-refractivity contribution in [1.82, 2.24) is 5.32 Å². The number of alkyl carbamates (subject to hydrolysis) is 1. The van der Waals surface area contributed by atoms with E-state index >= 15 is 0 Å². The van der Waals surface area contributed by atoms with Crippen LogP contribution in [0.1, 0.15) is 38.5 Å². The van der Waals surface area contributed by atoms with Crippen molar-refractivity contribution in [3.8, 4) is 0 Å². The molecule has 6 heteroatoms. The fourth-order valence-electron chi connectivity index (χ4n) is 3.26. The molecule has 1 N–H and O–H groups in total. The monoisotopic (exact) mass is 311 g/mol. The van der Waals surface area contributed by atoms with Gasteiger partial charge in [0.15, 0.2) is 0 Å². The van der Waals surface area contributed by atoms with Gasteiger partial charge in [0.2, 0.25) is 0 Å². The van der Waals surface area contributed by atoms with Gasteiger partial charge in [0.1, 0.15) is 12.2 Å². The number of carbonyl (C=O) groups excluding carboxylic acids is 2. The zero-order valence-electron chi connectivity index (χ0n) is 13.0. The Bertz CT molecular complexity index is 397. The molecule has 6 nitrogen and oxygen atoms in total. The summed E-state index contributed by atoms with van der Waals surface area (Å²) in [4.78, 5) is 22.9. The molecule has 0 aromatic heterocycles. The molecule has 1 saturated carbocycles. The third-order valence-electron chi connectivity index (χ3n) is 4.44. The van der Waals surface area contributed by atoms with Crippen LogP contribution < -0.4 is 5.32 Å². The smallest absolute Gasteiger partial charge is 0.407 e. The van der Waals surface area contributed by atoms with Crippen molar-refractivity contribution in [2.75, 3.05) is 26.4 Å². The van der Waals surface area contributed by atoms with E-state index in [9.17, 15) is 9.59 Å². The standard InChI is InChI=1S/C16H25NO5/c1-2-14(18)21-11-9-17-15(19)22-16(8-10-20-12-16)13-6-4-3-5-7-13/h2,13H,1,3-12H2,(H,17,19). The van der Waals surface area contributed by atoms with Gasteiger partial charge < -0.3 is 19.5 Å². The fraction of sp³-hybridized carbons (Fsp3) is 0.750. The van der Waals surface area contributed by atoms with Crippen LogP contribution in [0.25, 0.3) is 0 Å². The fourth-order valence-corrected chi connectivity index (χ4v) is 3.26. The van der Waals surface area contributed by atoms with Crippen LogP contribution in [0.15, 0.2) is 12.7 Å². The molecule has 1 heterocycles. The minimum absolute atomic E-state index is 0.104. The van der Waals surface area contributed by atoms with Gasteiger partial charge in [0.25, 0.3) is 0 Å². The van der Waals surface area contributed by atoms with Gasteiger partial charge in [-0.3, -0.25) is 0 Å². The lowest BCUT2D eigenvalue weighted by molar-refractivity contribution is -0.137. The molecule has 1 aliphatic carbocycles. The lowest BCUT2D eigenvalue weighted by atomic mass is 9.76. The molecular weight excluding hydrogens is 286 g/mol. The second-order valence-corrected chi connectivity index (χ2v) is 5.89. The van der Waals surface area contributed by atoms with Gasteiger partial charge >= 0.3 is 12.1 Å². The third kappa shape index (κ3) is 4.47. The van der Waals surface area contributed by atoms with Crippen molar-refractivity contribution in [3.05, 3.63) is 12.7 Å². The Morgan fingerprint density at radius 2 is 2.09 bits per heavy atom. The van der Waals surface area contributed by atoms with Crippen LogP contribution in [0.4, 0.5) is 4.79 Å². The number of rotatable bonds is 6. The van der Waals surface area contributed by atoms with Crippen molar-refractivity contribution in [3.63, 3.8) is 0 Å². The zero-order chi connectivity index (χ0) is 15.8. The molecule has 1 unspecified atom stereocenters. The second kappa shape index (κ2) is 8.17. The first-order valence-electron chi connectivity index (χ1n) is 8.00. The molecule has 0 bridgehead atoms. The Hall–Kier alpha value is -1.56. The van der Waals surface area contributed by atoms with Gasteiger partial charge in [-0.1, -0.05) is 25.8 Å². The van der Waals surface area contributed by atoms with Crippen LogP contribution in [-0.4, -0.2) is 44.0 Å². The van der Waals surface area contributed by atoms with Gasteiger partial charge in [-0.15, -0.1) is 0 Å². The molecule has 0 aromatic carbocycles. The highest BCUT2D eigenvalue weighted by Crippen LogP contribution is 2.40. The van der Waals surface area contributed by atoms with Crippen LogP contribution in [0.5, 0.6) is 0 Å². The lowest BCUT2D eigenvalue weighted by Crippen LogP contribution is -2.47. The normalized spacial score (nSPS) is 25.5. The highest BCUT2D eigenvalue weighted by molar-refractivity contribution is 5.81. The van der Waals surface area contributed by atoms with E-state index < -0.39 is 17.7 Å². The maximum atomic E-state index is 12.0. The predicted octanol–water partition coefficient (Wildman–Crippen LogP) is 2.18. The first kappa shape index (κ1) is 16.8. The summed E-state index contributed by atoms with van der Waals surface area (Å²) in [7, 11) is 0. The Morgan fingerprint density at radius 3 is 2.73 bits per heavy atom. The van der Waals surface area contributed by atoms with Crippen molar-refractivity contribution in [2.24, 2.45) is 5.92 Å². The van der Waals surface area contributed by atoms with Crippen LogP contribution in [0.2, 0.25) is 0 Å². The number of amides is 1. The minimum atomic E-state index is -0.502. The minimum Gasteiger partial charge on any atom is -0.461 e. The molecule has 2 rings (SSSR count). The number of carbonyl (C=O) groups is 2. The van der Waals surface area contributed by atoms with E-state index in [0.717, 1.165) is 25.3 Å². The first-order chi connectivity index (χ1) is 10.7. The highest BCUT2D eigenvalue weighted by atomic mass is 16.6. The van der Waals surface area contributed by atoms with Crippen LogP contribution in [0.3, 0.4) is 0 Å². The maximum Gasteiger partial charge on any atom is 0.407 e. The molecule has 0 aromatic rings. The van der Waals surface area contributed by atoms with Gasteiger partial charge in [0, 0.05) is 18.4 Å². The Morgan fingerprint density at radius 1 is 1.32 bits per heavy atom. The molecule has 124 valence electrons. The molecular formula is C16H25NO5. The number of nitrogens with one attached hydrogen (secondary N) is 1. The van der Waals surface area contributed by atoms with E-state index in [0.29, 0.717) is 19.1 Å². The first-order valence-corrected chi connectivity index (χ1v) is 8.00. The van der Waals surface area contributed by atoms with E-state index in [1.165, 1.54) is 19.3 Å². The van der Waals surface area contributed by atoms with Crippen LogP contribution >= 0.6 is 0 Å². The van der Waals surface area contributed by atoms with Crippen molar-refractivity contribution < 1.29 is 23.8 Å². The summed E-state index contributed by atoms with van der Waals surface area (Å²) in [5, 5.41) is 2.62. The van der Waals surface area contributed by atoms with Crippen molar-refractivity contribution in [2.45, 2.75) is 44.1 Å². The SMILES string of the molecule is C=CC(=O)OCCNC(=O)OC1(C2CCCCC2)CCOC1. The summed E-state index contributed by atoms with van der Waals surface area (Å²) >= 11 is 0. The van der Waals surface area contributed by atoms with Crippen LogP contribution in [0, 0.1) is 5.92 Å². The summed E-state index contributed by atoms with van der Waals surface area (Å²) in [6.07, 6.45) is 7.20. The molecule has 1 atom stereocenters. The van der Waals surface area contributed by atoms with E-state index in [-0.39, 0.29) is 13.2 Å². The maximum absolute atomic E-state index is 12.0. The van der Waals surface area contributed by atoms with Crippen LogP contribution in [-0.2, 0) is 19.0 Å². The summed E-state index contributed by atoms with van der Waals surface area (Å²) in [5.74, 6) is -0.119. The molecule has 1 amide bonds. The average Bonchev–Trinajstić information content (AvgIpc) is 3.02. The third-order valence-corrected chi connectivity index (χ3v) is 4.44. The molecule has 1 saturated heterocycles. The number of esters is 1. The largest absolute Gasteiger partial charge is 0.461 e. The summed E-state index contributed by atoms with van der Waals surface area (Å²) in [5.41, 5.74) is -0.484. The van der Waals surface area contributed by atoms with E-state index in [2.05, 4.69) is 11.9 Å². The molecule has 0 spiro atoms. The van der Waals surface area contributed by atoms with E-state index in [1.807, 2.05) is 0 Å². The molecule has 2 aliphatic rings. The van der Waals surface area contributed by atoms with Gasteiger partial charge in [-0.25, -0.2) is 9.59 Å². The summed E-state index contributed by atoms with van der Waals surface area (Å²) in [6.45, 7) is 4.75. The van der Waals surface area contributed by atoms with Gasteiger partial charge in [-0.2, -0.15) is 0 Å². The second-order valence-electron chi connectivity index (χ2n) is 5.89. The Kier molecular flexibility index (Phi) is 6.24. The van der Waals surface area contributed by atoms with Crippen molar-refractivity contribution >= 4 is 12.1 Å². The topological polar surface area (TPSA) is 73.9 Å². The Labute approximate surface area is 131 Å². The average molecular weight is 311 g/mol. The molecule has 2 fully saturated rings. The number of hydrogen-bond donors (Lipinski definition) is 1. The molecule has 1 aliphatic heterocycles. The zero-order valence-corrected chi connectivity index (χ0v) is 13.0. The van der Waals surface area contributed by atoms with E-state index in [4.69, 9.17) is 14.2 Å². The number of hydrogen-bond acceptors (Lipinski definition) is 5. The summed E-state index contributed by atoms with van der Waals surface area (Å²) < 4.78 is 16.0. The Balaban J connectivity index is 1.79.